The first-order valence-electron chi connectivity index (χ1n) is 5.53. The Morgan fingerprint density at radius 1 is 1.35 bits per heavy atom. The summed E-state index contributed by atoms with van der Waals surface area (Å²) < 4.78 is 0. The van der Waals surface area contributed by atoms with Crippen molar-refractivity contribution in [2.24, 2.45) is 0 Å². The molecule has 92 valence electrons. The van der Waals surface area contributed by atoms with Crippen molar-refractivity contribution in [3.8, 4) is 0 Å². The van der Waals surface area contributed by atoms with Gasteiger partial charge in [0.25, 0.3) is 0 Å². The van der Waals surface area contributed by atoms with E-state index in [4.69, 9.17) is 5.11 Å². The third-order valence-electron chi connectivity index (χ3n) is 2.46. The largest absolute Gasteiger partial charge is 0.395 e. The lowest BCUT2D eigenvalue weighted by Crippen LogP contribution is -2.25. The Labute approximate surface area is 109 Å². The predicted molar refractivity (Wildman–Crippen MR) is 72.4 cm³/mol. The second-order valence-corrected chi connectivity index (χ2v) is 6.02. The number of nitrogens with zero attached hydrogens (tertiary/aromatic N) is 2. The molecule has 2 aromatic rings. The Morgan fingerprint density at radius 3 is 2.82 bits per heavy atom. The maximum Gasteiger partial charge on any atom is 0.0795 e. The van der Waals surface area contributed by atoms with E-state index in [1.54, 1.807) is 11.3 Å². The van der Waals surface area contributed by atoms with E-state index in [1.165, 1.54) is 9.75 Å². The van der Waals surface area contributed by atoms with Crippen LogP contribution in [0.25, 0.3) is 0 Å². The predicted octanol–water partition coefficient (Wildman–Crippen LogP) is 2.51. The molecule has 0 saturated carbocycles. The van der Waals surface area contributed by atoms with Gasteiger partial charge in [-0.05, 0) is 19.1 Å². The summed E-state index contributed by atoms with van der Waals surface area (Å²) in [6, 6.07) is 4.30. The van der Waals surface area contributed by atoms with Crippen molar-refractivity contribution in [2.75, 3.05) is 13.2 Å². The van der Waals surface area contributed by atoms with Gasteiger partial charge in [-0.15, -0.1) is 22.7 Å². The van der Waals surface area contributed by atoms with Crippen LogP contribution in [-0.2, 0) is 13.1 Å². The van der Waals surface area contributed by atoms with E-state index in [-0.39, 0.29) is 6.61 Å². The van der Waals surface area contributed by atoms with Gasteiger partial charge in [0, 0.05) is 34.8 Å². The summed E-state index contributed by atoms with van der Waals surface area (Å²) >= 11 is 3.43. The third kappa shape index (κ3) is 3.89. The SMILES string of the molecule is Cc1ccc(CN(CCO)Cc2cscn2)s1. The second-order valence-electron chi connectivity index (χ2n) is 3.93. The maximum absolute atomic E-state index is 9.09. The fourth-order valence-corrected chi connectivity index (χ4v) is 3.17. The standard InChI is InChI=1S/C12H16N2OS2/c1-10-2-3-12(17-10)7-14(4-5-15)6-11-8-16-9-13-11/h2-3,8-9,15H,4-7H2,1H3. The average molecular weight is 268 g/mol. The van der Waals surface area contributed by atoms with Crippen LogP contribution in [0.1, 0.15) is 15.4 Å². The van der Waals surface area contributed by atoms with Crippen LogP contribution < -0.4 is 0 Å². The molecule has 0 fully saturated rings. The normalized spacial score (nSPS) is 11.2. The highest BCUT2D eigenvalue weighted by Gasteiger charge is 2.09. The van der Waals surface area contributed by atoms with E-state index in [2.05, 4.69) is 34.3 Å². The van der Waals surface area contributed by atoms with Gasteiger partial charge in [-0.2, -0.15) is 0 Å². The van der Waals surface area contributed by atoms with Crippen molar-refractivity contribution in [1.82, 2.24) is 9.88 Å². The fraction of sp³-hybridized carbons (Fsp3) is 0.417. The Balaban J connectivity index is 1.97. The van der Waals surface area contributed by atoms with Gasteiger partial charge in [-0.25, -0.2) is 4.98 Å². The van der Waals surface area contributed by atoms with E-state index >= 15 is 0 Å². The van der Waals surface area contributed by atoms with Gasteiger partial charge >= 0.3 is 0 Å². The molecule has 3 nitrogen and oxygen atoms in total. The van der Waals surface area contributed by atoms with Gasteiger partial charge < -0.3 is 5.11 Å². The molecule has 2 rings (SSSR count). The molecule has 5 heteroatoms. The Hall–Kier alpha value is -0.750. The highest BCUT2D eigenvalue weighted by atomic mass is 32.1. The van der Waals surface area contributed by atoms with Crippen LogP contribution in [0, 0.1) is 6.92 Å². The summed E-state index contributed by atoms with van der Waals surface area (Å²) in [4.78, 5) is 9.18. The summed E-state index contributed by atoms with van der Waals surface area (Å²) in [5, 5.41) is 11.2. The molecule has 0 bridgehead atoms. The highest BCUT2D eigenvalue weighted by molar-refractivity contribution is 7.11. The molecule has 0 spiro atoms. The molecule has 0 aliphatic rings. The first-order chi connectivity index (χ1) is 8.28. The molecule has 0 radical (unpaired) electrons. The van der Waals surface area contributed by atoms with Crippen LogP contribution >= 0.6 is 22.7 Å². The summed E-state index contributed by atoms with van der Waals surface area (Å²) in [6.45, 7) is 4.69. The highest BCUT2D eigenvalue weighted by Crippen LogP contribution is 2.18. The van der Waals surface area contributed by atoms with E-state index < -0.39 is 0 Å². The molecule has 0 atom stereocenters. The van der Waals surface area contributed by atoms with Crippen LogP contribution in [0.5, 0.6) is 0 Å². The number of thiazole rings is 1. The fourth-order valence-electron chi connectivity index (χ4n) is 1.69. The summed E-state index contributed by atoms with van der Waals surface area (Å²) in [5.41, 5.74) is 2.93. The first kappa shape index (κ1) is 12.7. The lowest BCUT2D eigenvalue weighted by molar-refractivity contribution is 0.184. The van der Waals surface area contributed by atoms with Crippen molar-refractivity contribution < 1.29 is 5.11 Å². The van der Waals surface area contributed by atoms with E-state index in [9.17, 15) is 0 Å². The summed E-state index contributed by atoms with van der Waals surface area (Å²) in [7, 11) is 0. The van der Waals surface area contributed by atoms with Gasteiger partial charge in [0.05, 0.1) is 17.8 Å². The third-order valence-corrected chi connectivity index (χ3v) is 4.08. The number of rotatable bonds is 6. The van der Waals surface area contributed by atoms with Crippen molar-refractivity contribution in [3.63, 3.8) is 0 Å². The number of aromatic nitrogens is 1. The van der Waals surface area contributed by atoms with Gasteiger partial charge in [0.1, 0.15) is 0 Å². The second kappa shape index (κ2) is 6.26. The molecule has 0 saturated heterocycles. The summed E-state index contributed by atoms with van der Waals surface area (Å²) in [6.07, 6.45) is 0. The van der Waals surface area contributed by atoms with Gasteiger partial charge in [0.15, 0.2) is 0 Å². The number of thiophene rings is 1. The topological polar surface area (TPSA) is 36.4 Å². The molecule has 2 heterocycles. The zero-order valence-corrected chi connectivity index (χ0v) is 11.4. The molecule has 0 unspecified atom stereocenters. The molecular formula is C12H16N2OS2. The molecule has 2 aromatic heterocycles. The number of aliphatic hydroxyl groups excluding tert-OH is 1. The van der Waals surface area contributed by atoms with Crippen LogP contribution in [0.2, 0.25) is 0 Å². The minimum absolute atomic E-state index is 0.189. The van der Waals surface area contributed by atoms with Crippen molar-refractivity contribution >= 4 is 22.7 Å². The van der Waals surface area contributed by atoms with Gasteiger partial charge in [-0.3, -0.25) is 4.90 Å². The number of hydrogen-bond donors (Lipinski definition) is 1. The molecule has 0 aliphatic heterocycles. The zero-order valence-electron chi connectivity index (χ0n) is 9.80. The quantitative estimate of drug-likeness (QED) is 0.874. The molecular weight excluding hydrogens is 252 g/mol. The van der Waals surface area contributed by atoms with Crippen LogP contribution in [0.3, 0.4) is 0 Å². The number of aryl methyl sites for hydroxylation is 1. The van der Waals surface area contributed by atoms with Crippen molar-refractivity contribution in [3.05, 3.63) is 38.5 Å². The molecule has 17 heavy (non-hydrogen) atoms. The Bertz CT molecular complexity index is 439. The van der Waals surface area contributed by atoms with Crippen LogP contribution in [0.15, 0.2) is 23.0 Å². The lowest BCUT2D eigenvalue weighted by atomic mass is 10.3. The summed E-state index contributed by atoms with van der Waals surface area (Å²) in [5.74, 6) is 0. The molecule has 0 aromatic carbocycles. The lowest BCUT2D eigenvalue weighted by Gasteiger charge is -2.19. The first-order valence-corrected chi connectivity index (χ1v) is 7.29. The van der Waals surface area contributed by atoms with Gasteiger partial charge in [0.2, 0.25) is 0 Å². The van der Waals surface area contributed by atoms with E-state index in [1.807, 2.05) is 16.8 Å². The van der Waals surface area contributed by atoms with Crippen LogP contribution in [-0.4, -0.2) is 28.1 Å². The number of aliphatic hydroxyl groups is 1. The average Bonchev–Trinajstić information content (AvgIpc) is 2.91. The number of hydrogen-bond acceptors (Lipinski definition) is 5. The smallest absolute Gasteiger partial charge is 0.0795 e. The maximum atomic E-state index is 9.09. The molecule has 1 N–H and O–H groups in total. The Kier molecular flexibility index (Phi) is 4.67. The molecule has 0 amide bonds. The Morgan fingerprint density at radius 2 is 2.24 bits per heavy atom. The van der Waals surface area contributed by atoms with Crippen molar-refractivity contribution in [2.45, 2.75) is 20.0 Å². The minimum atomic E-state index is 0.189. The zero-order chi connectivity index (χ0) is 12.1. The van der Waals surface area contributed by atoms with E-state index in [0.29, 0.717) is 6.54 Å². The van der Waals surface area contributed by atoms with Crippen LogP contribution in [0.4, 0.5) is 0 Å². The molecule has 0 aliphatic carbocycles. The van der Waals surface area contributed by atoms with Gasteiger partial charge in [-0.1, -0.05) is 0 Å². The monoisotopic (exact) mass is 268 g/mol. The van der Waals surface area contributed by atoms with E-state index in [0.717, 1.165) is 18.8 Å². The minimum Gasteiger partial charge on any atom is -0.395 e. The van der Waals surface area contributed by atoms with Crippen molar-refractivity contribution in [1.29, 1.82) is 0 Å².